The molecule has 1 aromatic carbocycles. The maximum atomic E-state index is 11.2. The molecule has 0 unspecified atom stereocenters. The number of rotatable bonds is 3. The second kappa shape index (κ2) is 4.63. The summed E-state index contributed by atoms with van der Waals surface area (Å²) in [6, 6.07) is 7.31. The maximum Gasteiger partial charge on any atom is 0.248 e. The standard InChI is InChI=1S/C12H16N2O2/c13-12(16)10-4-2-1-3-8(10)5-9-6-14-7-11(9)15/h1-4,9,11,14-15H,5-7H2,(H2,13,16)/t9-,11+/m0/s1. The van der Waals surface area contributed by atoms with E-state index in [0.29, 0.717) is 18.5 Å². The van der Waals surface area contributed by atoms with Gasteiger partial charge in [-0.2, -0.15) is 0 Å². The number of hydrogen-bond acceptors (Lipinski definition) is 3. The summed E-state index contributed by atoms with van der Waals surface area (Å²) in [7, 11) is 0. The monoisotopic (exact) mass is 220 g/mol. The number of hydrogen-bond donors (Lipinski definition) is 3. The zero-order valence-corrected chi connectivity index (χ0v) is 9.02. The lowest BCUT2D eigenvalue weighted by molar-refractivity contribution is 0.0997. The topological polar surface area (TPSA) is 75.4 Å². The summed E-state index contributed by atoms with van der Waals surface area (Å²) in [6.07, 6.45) is 0.355. The van der Waals surface area contributed by atoms with E-state index in [-0.39, 0.29) is 12.0 Å². The Morgan fingerprint density at radius 3 is 2.81 bits per heavy atom. The molecule has 1 aliphatic rings. The Bertz CT molecular complexity index is 392. The summed E-state index contributed by atoms with van der Waals surface area (Å²) in [5.41, 5.74) is 6.78. The van der Waals surface area contributed by atoms with E-state index in [2.05, 4.69) is 5.32 Å². The van der Waals surface area contributed by atoms with E-state index < -0.39 is 5.91 Å². The van der Waals surface area contributed by atoms with Crippen LogP contribution in [0, 0.1) is 5.92 Å². The fraction of sp³-hybridized carbons (Fsp3) is 0.417. The van der Waals surface area contributed by atoms with Crippen LogP contribution < -0.4 is 11.1 Å². The number of benzene rings is 1. The summed E-state index contributed by atoms with van der Waals surface area (Å²) < 4.78 is 0. The van der Waals surface area contributed by atoms with Gasteiger partial charge in [0.05, 0.1) is 6.10 Å². The Morgan fingerprint density at radius 1 is 1.44 bits per heavy atom. The fourth-order valence-corrected chi connectivity index (χ4v) is 2.15. The van der Waals surface area contributed by atoms with Gasteiger partial charge in [-0.3, -0.25) is 4.79 Å². The first-order valence-electron chi connectivity index (χ1n) is 5.45. The van der Waals surface area contributed by atoms with Gasteiger partial charge >= 0.3 is 0 Å². The smallest absolute Gasteiger partial charge is 0.248 e. The highest BCUT2D eigenvalue weighted by Crippen LogP contribution is 2.18. The van der Waals surface area contributed by atoms with Crippen LogP contribution in [0.5, 0.6) is 0 Å². The highest BCUT2D eigenvalue weighted by atomic mass is 16.3. The van der Waals surface area contributed by atoms with E-state index in [1.54, 1.807) is 12.1 Å². The van der Waals surface area contributed by atoms with Crippen LogP contribution in [0.25, 0.3) is 0 Å². The zero-order valence-electron chi connectivity index (χ0n) is 9.02. The molecular formula is C12H16N2O2. The number of carbonyl (C=O) groups is 1. The van der Waals surface area contributed by atoms with Crippen LogP contribution in [0.4, 0.5) is 0 Å². The fourth-order valence-electron chi connectivity index (χ4n) is 2.15. The summed E-state index contributed by atoms with van der Waals surface area (Å²) in [4.78, 5) is 11.2. The van der Waals surface area contributed by atoms with Crippen LogP contribution in [-0.2, 0) is 6.42 Å². The summed E-state index contributed by atoms with van der Waals surface area (Å²) in [5.74, 6) is -0.239. The quantitative estimate of drug-likeness (QED) is 0.666. The predicted octanol–water partition coefficient (Wildman–Crippen LogP) is -0.0917. The lowest BCUT2D eigenvalue weighted by Crippen LogP contribution is -2.22. The van der Waals surface area contributed by atoms with Gasteiger partial charge in [0.15, 0.2) is 0 Å². The predicted molar refractivity (Wildman–Crippen MR) is 61.0 cm³/mol. The van der Waals surface area contributed by atoms with Crippen molar-refractivity contribution >= 4 is 5.91 Å². The van der Waals surface area contributed by atoms with Gasteiger partial charge in [0, 0.05) is 24.6 Å². The number of nitrogens with one attached hydrogen (secondary N) is 1. The van der Waals surface area contributed by atoms with E-state index in [0.717, 1.165) is 12.1 Å². The molecule has 16 heavy (non-hydrogen) atoms. The number of nitrogens with two attached hydrogens (primary N) is 1. The number of β-amino-alcohol motifs (C(OH)–C–C–N with tert-alkyl or cyclic N) is 1. The molecule has 1 aliphatic heterocycles. The molecule has 0 aromatic heterocycles. The van der Waals surface area contributed by atoms with Crippen LogP contribution >= 0.6 is 0 Å². The van der Waals surface area contributed by atoms with Gasteiger partial charge in [-0.05, 0) is 18.1 Å². The molecular weight excluding hydrogens is 204 g/mol. The number of amides is 1. The van der Waals surface area contributed by atoms with Gasteiger partial charge in [-0.15, -0.1) is 0 Å². The van der Waals surface area contributed by atoms with Crippen molar-refractivity contribution in [3.63, 3.8) is 0 Å². The summed E-state index contributed by atoms with van der Waals surface area (Å²) >= 11 is 0. The van der Waals surface area contributed by atoms with Crippen molar-refractivity contribution in [2.24, 2.45) is 11.7 Å². The molecule has 86 valence electrons. The minimum atomic E-state index is -0.406. The van der Waals surface area contributed by atoms with E-state index in [9.17, 15) is 9.90 Å². The van der Waals surface area contributed by atoms with Gasteiger partial charge < -0.3 is 16.2 Å². The Hall–Kier alpha value is -1.39. The van der Waals surface area contributed by atoms with Crippen LogP contribution in [0.3, 0.4) is 0 Å². The molecule has 1 heterocycles. The third-order valence-electron chi connectivity index (χ3n) is 3.07. The Labute approximate surface area is 94.5 Å². The molecule has 1 fully saturated rings. The average molecular weight is 220 g/mol. The molecule has 2 rings (SSSR count). The first-order valence-corrected chi connectivity index (χ1v) is 5.45. The second-order valence-electron chi connectivity index (χ2n) is 4.21. The van der Waals surface area contributed by atoms with Crippen LogP contribution in [0.15, 0.2) is 24.3 Å². The molecule has 0 bridgehead atoms. The molecule has 0 saturated carbocycles. The van der Waals surface area contributed by atoms with Crippen LogP contribution in [0.2, 0.25) is 0 Å². The van der Waals surface area contributed by atoms with Crippen LogP contribution in [-0.4, -0.2) is 30.2 Å². The largest absolute Gasteiger partial charge is 0.391 e. The molecule has 2 atom stereocenters. The van der Waals surface area contributed by atoms with Crippen molar-refractivity contribution < 1.29 is 9.90 Å². The van der Waals surface area contributed by atoms with Crippen molar-refractivity contribution in [1.29, 1.82) is 0 Å². The second-order valence-corrected chi connectivity index (χ2v) is 4.21. The highest BCUT2D eigenvalue weighted by Gasteiger charge is 2.25. The first-order chi connectivity index (χ1) is 7.68. The van der Waals surface area contributed by atoms with Gasteiger partial charge in [-0.25, -0.2) is 0 Å². The normalized spacial score (nSPS) is 24.6. The molecule has 0 spiro atoms. The van der Waals surface area contributed by atoms with Gasteiger partial charge in [0.2, 0.25) is 5.91 Å². The van der Waals surface area contributed by atoms with Crippen molar-refractivity contribution in [2.45, 2.75) is 12.5 Å². The zero-order chi connectivity index (χ0) is 11.5. The van der Waals surface area contributed by atoms with Gasteiger partial charge in [0.1, 0.15) is 0 Å². The van der Waals surface area contributed by atoms with Crippen molar-refractivity contribution in [3.8, 4) is 0 Å². The molecule has 0 aliphatic carbocycles. The third kappa shape index (κ3) is 2.23. The third-order valence-corrected chi connectivity index (χ3v) is 3.07. The summed E-state index contributed by atoms with van der Waals surface area (Å²) in [6.45, 7) is 1.41. The van der Waals surface area contributed by atoms with Crippen molar-refractivity contribution in [1.82, 2.24) is 5.32 Å². The molecule has 4 nitrogen and oxygen atoms in total. The van der Waals surface area contributed by atoms with Gasteiger partial charge in [0.25, 0.3) is 0 Å². The SMILES string of the molecule is NC(=O)c1ccccc1C[C@H]1CNC[C@H]1O. The average Bonchev–Trinajstić information content (AvgIpc) is 2.65. The van der Waals surface area contributed by atoms with Crippen molar-refractivity contribution in [2.75, 3.05) is 13.1 Å². The molecule has 1 saturated heterocycles. The Balaban J connectivity index is 2.17. The lowest BCUT2D eigenvalue weighted by Gasteiger charge is -2.14. The minimum absolute atomic E-state index is 0.167. The van der Waals surface area contributed by atoms with E-state index in [4.69, 9.17) is 5.73 Å². The highest BCUT2D eigenvalue weighted by molar-refractivity contribution is 5.94. The first kappa shape index (κ1) is 11.1. The molecule has 4 N–H and O–H groups in total. The lowest BCUT2D eigenvalue weighted by atomic mass is 9.93. The molecule has 4 heteroatoms. The van der Waals surface area contributed by atoms with E-state index >= 15 is 0 Å². The number of carbonyl (C=O) groups excluding carboxylic acids is 1. The van der Waals surface area contributed by atoms with Gasteiger partial charge in [-0.1, -0.05) is 18.2 Å². The van der Waals surface area contributed by atoms with Crippen molar-refractivity contribution in [3.05, 3.63) is 35.4 Å². The van der Waals surface area contributed by atoms with E-state index in [1.165, 1.54) is 0 Å². The maximum absolute atomic E-state index is 11.2. The number of primary amides is 1. The Kier molecular flexibility index (Phi) is 3.22. The number of aliphatic hydroxyl groups excluding tert-OH is 1. The van der Waals surface area contributed by atoms with Crippen LogP contribution in [0.1, 0.15) is 15.9 Å². The minimum Gasteiger partial charge on any atom is -0.391 e. The number of aliphatic hydroxyl groups is 1. The molecule has 0 radical (unpaired) electrons. The molecule has 1 amide bonds. The summed E-state index contributed by atoms with van der Waals surface area (Å²) in [5, 5.41) is 12.8. The van der Waals surface area contributed by atoms with E-state index in [1.807, 2.05) is 12.1 Å². The molecule has 1 aromatic rings. The Morgan fingerprint density at radius 2 is 2.19 bits per heavy atom.